The van der Waals surface area contributed by atoms with Crippen molar-refractivity contribution in [3.05, 3.63) is 18.2 Å². The van der Waals surface area contributed by atoms with Gasteiger partial charge >= 0.3 is 0 Å². The van der Waals surface area contributed by atoms with Gasteiger partial charge in [0.15, 0.2) is 11.5 Å². The molecule has 0 radical (unpaired) electrons. The van der Waals surface area contributed by atoms with Gasteiger partial charge in [-0.1, -0.05) is 5.16 Å². The smallest absolute Gasteiger partial charge is 0.231 e. The first-order valence-electron chi connectivity index (χ1n) is 4.98. The number of hydrogen-bond acceptors (Lipinski definition) is 6. The van der Waals surface area contributed by atoms with Crippen molar-refractivity contribution in [2.75, 3.05) is 19.6 Å². The van der Waals surface area contributed by atoms with Gasteiger partial charge in [0.25, 0.3) is 0 Å². The predicted molar refractivity (Wildman–Crippen MR) is 59.0 cm³/mol. The summed E-state index contributed by atoms with van der Waals surface area (Å²) in [4.78, 5) is 0. The standard InChI is InChI=1S/C11H10N2O4/c1-14-8-2-6(7-4-10(12)17-13-7)3-9-11(8)16-5-15-9/h2-4H,5,12H2,1H3. The van der Waals surface area contributed by atoms with Crippen molar-refractivity contribution in [1.29, 1.82) is 0 Å². The second kappa shape index (κ2) is 3.58. The third-order valence-corrected chi connectivity index (χ3v) is 2.48. The van der Waals surface area contributed by atoms with Crippen molar-refractivity contribution in [2.24, 2.45) is 0 Å². The quantitative estimate of drug-likeness (QED) is 0.851. The van der Waals surface area contributed by atoms with Gasteiger partial charge in [0, 0.05) is 11.6 Å². The Kier molecular flexibility index (Phi) is 2.07. The van der Waals surface area contributed by atoms with Gasteiger partial charge in [-0.25, -0.2) is 0 Å². The van der Waals surface area contributed by atoms with Crippen LogP contribution in [0.3, 0.4) is 0 Å². The molecule has 0 fully saturated rings. The van der Waals surface area contributed by atoms with Gasteiger partial charge in [0.05, 0.1) is 7.11 Å². The number of rotatable bonds is 2. The van der Waals surface area contributed by atoms with Crippen LogP contribution in [-0.4, -0.2) is 19.1 Å². The maximum Gasteiger partial charge on any atom is 0.231 e. The van der Waals surface area contributed by atoms with Gasteiger partial charge < -0.3 is 24.5 Å². The minimum absolute atomic E-state index is 0.191. The number of methoxy groups -OCH3 is 1. The highest BCUT2D eigenvalue weighted by Gasteiger charge is 2.21. The molecule has 88 valence electrons. The average Bonchev–Trinajstić information content (AvgIpc) is 2.95. The number of fused-ring (bicyclic) bond motifs is 1. The van der Waals surface area contributed by atoms with E-state index in [0.29, 0.717) is 22.9 Å². The molecule has 17 heavy (non-hydrogen) atoms. The number of nitrogens with two attached hydrogens (primary N) is 1. The lowest BCUT2D eigenvalue weighted by Gasteiger charge is -2.06. The molecule has 2 heterocycles. The number of benzene rings is 1. The monoisotopic (exact) mass is 234 g/mol. The molecule has 0 unspecified atom stereocenters. The van der Waals surface area contributed by atoms with Crippen LogP contribution in [0.1, 0.15) is 0 Å². The molecule has 6 nitrogen and oxygen atoms in total. The Morgan fingerprint density at radius 1 is 1.29 bits per heavy atom. The summed E-state index contributed by atoms with van der Waals surface area (Å²) in [7, 11) is 1.57. The molecule has 1 aliphatic heterocycles. The van der Waals surface area contributed by atoms with E-state index in [0.717, 1.165) is 5.56 Å². The predicted octanol–water partition coefficient (Wildman–Crippen LogP) is 1.66. The lowest BCUT2D eigenvalue weighted by molar-refractivity contribution is 0.171. The van der Waals surface area contributed by atoms with Crippen molar-refractivity contribution in [3.63, 3.8) is 0 Å². The van der Waals surface area contributed by atoms with Crippen LogP contribution in [-0.2, 0) is 0 Å². The van der Waals surface area contributed by atoms with Crippen LogP contribution < -0.4 is 19.9 Å². The van der Waals surface area contributed by atoms with Gasteiger partial charge in [-0.2, -0.15) is 0 Å². The topological polar surface area (TPSA) is 79.7 Å². The summed E-state index contributed by atoms with van der Waals surface area (Å²) in [6.45, 7) is 0.191. The summed E-state index contributed by atoms with van der Waals surface area (Å²) in [5.74, 6) is 2.09. The molecule has 6 heteroatoms. The summed E-state index contributed by atoms with van der Waals surface area (Å²) >= 11 is 0. The number of anilines is 1. The van der Waals surface area contributed by atoms with Crippen LogP contribution in [0.4, 0.5) is 5.88 Å². The Bertz CT molecular complexity index is 565. The molecule has 2 N–H and O–H groups in total. The van der Waals surface area contributed by atoms with E-state index in [4.69, 9.17) is 24.5 Å². The third-order valence-electron chi connectivity index (χ3n) is 2.48. The molecule has 1 aromatic carbocycles. The molecule has 3 rings (SSSR count). The van der Waals surface area contributed by atoms with E-state index in [9.17, 15) is 0 Å². The largest absolute Gasteiger partial charge is 0.493 e. The molecule has 0 spiro atoms. The summed E-state index contributed by atoms with van der Waals surface area (Å²) in [6, 6.07) is 5.24. The highest BCUT2D eigenvalue weighted by Crippen LogP contribution is 2.44. The Morgan fingerprint density at radius 3 is 2.88 bits per heavy atom. The minimum atomic E-state index is 0.191. The van der Waals surface area contributed by atoms with Gasteiger partial charge in [-0.05, 0) is 12.1 Å². The first-order valence-corrected chi connectivity index (χ1v) is 4.98. The SMILES string of the molecule is COc1cc(-c2cc(N)on2)cc2c1OCO2. The first-order chi connectivity index (χ1) is 8.28. The molecule has 0 aliphatic carbocycles. The van der Waals surface area contributed by atoms with Gasteiger partial charge in [-0.3, -0.25) is 0 Å². The maximum atomic E-state index is 5.48. The number of hydrogen-bond donors (Lipinski definition) is 1. The summed E-state index contributed by atoms with van der Waals surface area (Å²) in [5, 5.41) is 3.83. The number of aromatic nitrogens is 1. The zero-order valence-electron chi connectivity index (χ0n) is 9.10. The number of nitrogen functional groups attached to an aromatic ring is 1. The Labute approximate surface area is 96.9 Å². The van der Waals surface area contributed by atoms with E-state index in [1.807, 2.05) is 6.07 Å². The molecular formula is C11H10N2O4. The fourth-order valence-corrected chi connectivity index (χ4v) is 1.70. The normalized spacial score (nSPS) is 12.8. The first kappa shape index (κ1) is 9.83. The second-order valence-corrected chi connectivity index (χ2v) is 3.53. The van der Waals surface area contributed by atoms with Gasteiger partial charge in [-0.15, -0.1) is 0 Å². The van der Waals surface area contributed by atoms with Crippen LogP contribution in [0.2, 0.25) is 0 Å². The molecule has 2 aromatic rings. The molecule has 0 atom stereocenters. The number of nitrogens with zero attached hydrogens (tertiary/aromatic N) is 1. The van der Waals surface area contributed by atoms with Gasteiger partial charge in [0.1, 0.15) is 5.69 Å². The van der Waals surface area contributed by atoms with Crippen molar-refractivity contribution in [2.45, 2.75) is 0 Å². The van der Waals surface area contributed by atoms with Crippen LogP contribution >= 0.6 is 0 Å². The van der Waals surface area contributed by atoms with E-state index in [2.05, 4.69) is 5.16 Å². The van der Waals surface area contributed by atoms with E-state index in [1.165, 1.54) is 0 Å². The zero-order chi connectivity index (χ0) is 11.8. The lowest BCUT2D eigenvalue weighted by atomic mass is 10.1. The summed E-state index contributed by atoms with van der Waals surface area (Å²) in [6.07, 6.45) is 0. The van der Waals surface area contributed by atoms with Crippen LogP contribution in [0.5, 0.6) is 17.2 Å². The molecular weight excluding hydrogens is 224 g/mol. The Balaban J connectivity index is 2.12. The molecule has 1 aromatic heterocycles. The Morgan fingerprint density at radius 2 is 2.18 bits per heavy atom. The maximum absolute atomic E-state index is 5.48. The average molecular weight is 234 g/mol. The van der Waals surface area contributed by atoms with Crippen LogP contribution in [0, 0.1) is 0 Å². The molecule has 0 saturated carbocycles. The molecule has 1 aliphatic rings. The van der Waals surface area contributed by atoms with Crippen molar-refractivity contribution < 1.29 is 18.7 Å². The minimum Gasteiger partial charge on any atom is -0.493 e. The van der Waals surface area contributed by atoms with E-state index in [1.54, 1.807) is 19.2 Å². The van der Waals surface area contributed by atoms with Crippen LogP contribution in [0.15, 0.2) is 22.7 Å². The van der Waals surface area contributed by atoms with Crippen molar-refractivity contribution in [3.8, 4) is 28.5 Å². The van der Waals surface area contributed by atoms with Crippen molar-refractivity contribution in [1.82, 2.24) is 5.16 Å². The van der Waals surface area contributed by atoms with E-state index >= 15 is 0 Å². The highest BCUT2D eigenvalue weighted by molar-refractivity contribution is 5.70. The summed E-state index contributed by atoms with van der Waals surface area (Å²) in [5.41, 5.74) is 6.90. The zero-order valence-corrected chi connectivity index (χ0v) is 9.10. The fraction of sp³-hybridized carbons (Fsp3) is 0.182. The molecule has 0 saturated heterocycles. The van der Waals surface area contributed by atoms with E-state index < -0.39 is 0 Å². The summed E-state index contributed by atoms with van der Waals surface area (Å²) < 4.78 is 20.7. The van der Waals surface area contributed by atoms with E-state index in [-0.39, 0.29) is 12.7 Å². The molecule has 0 amide bonds. The molecule has 0 bridgehead atoms. The van der Waals surface area contributed by atoms with Gasteiger partial charge in [0.2, 0.25) is 18.4 Å². The number of ether oxygens (including phenoxy) is 3. The lowest BCUT2D eigenvalue weighted by Crippen LogP contribution is -1.93. The second-order valence-electron chi connectivity index (χ2n) is 3.53. The van der Waals surface area contributed by atoms with Crippen LogP contribution in [0.25, 0.3) is 11.3 Å². The van der Waals surface area contributed by atoms with Crippen molar-refractivity contribution >= 4 is 5.88 Å². The fourth-order valence-electron chi connectivity index (χ4n) is 1.70. The third kappa shape index (κ3) is 1.54. The Hall–Kier alpha value is -2.37. The highest BCUT2D eigenvalue weighted by atomic mass is 16.7.